The van der Waals surface area contributed by atoms with E-state index in [1.807, 2.05) is 0 Å². The van der Waals surface area contributed by atoms with E-state index >= 15 is 0 Å². The molecule has 5 unspecified atom stereocenters. The Bertz CT molecular complexity index is 558. The van der Waals surface area contributed by atoms with Crippen LogP contribution in [-0.2, 0) is 36.3 Å². The number of methoxy groups -OCH3 is 1. The largest absolute Gasteiger partial charge is 0.490 e. The summed E-state index contributed by atoms with van der Waals surface area (Å²) in [6.07, 6.45) is -1.56. The summed E-state index contributed by atoms with van der Waals surface area (Å²) in [5.41, 5.74) is 0. The normalized spacial score (nSPS) is 34.0. The zero-order valence-electron chi connectivity index (χ0n) is 11.9. The zero-order valence-corrected chi connectivity index (χ0v) is 14.6. The fourth-order valence-corrected chi connectivity index (χ4v) is 4.85. The molecule has 23 heavy (non-hydrogen) atoms. The van der Waals surface area contributed by atoms with Gasteiger partial charge in [0.25, 0.3) is 0 Å². The lowest BCUT2D eigenvalue weighted by molar-refractivity contribution is -0.256. The van der Waals surface area contributed by atoms with Gasteiger partial charge in [-0.1, -0.05) is 0 Å². The van der Waals surface area contributed by atoms with Crippen LogP contribution in [0.15, 0.2) is 0 Å². The molecule has 5 atom stereocenters. The number of phosphoric acid groups is 3. The Hall–Kier alpha value is 0.290. The number of aliphatic hydroxyl groups excluding tert-OH is 1. The molecule has 1 heterocycles. The predicted octanol–water partition coefficient (Wildman–Crippen LogP) is -0.158. The van der Waals surface area contributed by atoms with E-state index < -0.39 is 48.1 Å². The van der Waals surface area contributed by atoms with Gasteiger partial charge in [0.2, 0.25) is 5.79 Å². The second-order valence-electron chi connectivity index (χ2n) is 4.56. The Labute approximate surface area is 130 Å². The van der Waals surface area contributed by atoms with E-state index in [2.05, 4.69) is 13.1 Å². The van der Waals surface area contributed by atoms with Crippen LogP contribution in [0.4, 0.5) is 0 Å². The maximum atomic E-state index is 11.6. The van der Waals surface area contributed by atoms with E-state index in [1.165, 1.54) is 0 Å². The Morgan fingerprint density at radius 1 is 1.13 bits per heavy atom. The van der Waals surface area contributed by atoms with E-state index in [9.17, 15) is 23.7 Å². The highest BCUT2D eigenvalue weighted by Crippen LogP contribution is 2.66. The highest BCUT2D eigenvalue weighted by molar-refractivity contribution is 7.66. The fraction of sp³-hybridized carbons (Fsp3) is 1.00. The molecule has 16 heteroatoms. The predicted molar refractivity (Wildman–Crippen MR) is 70.7 cm³/mol. The van der Waals surface area contributed by atoms with E-state index in [4.69, 9.17) is 24.2 Å². The van der Waals surface area contributed by atoms with E-state index in [1.54, 1.807) is 6.92 Å². The molecule has 1 rings (SSSR count). The van der Waals surface area contributed by atoms with E-state index in [0.29, 0.717) is 0 Å². The summed E-state index contributed by atoms with van der Waals surface area (Å²) in [7, 11) is -15.2. The van der Waals surface area contributed by atoms with Crippen LogP contribution in [0.1, 0.15) is 13.3 Å². The molecule has 0 aliphatic carbocycles. The van der Waals surface area contributed by atoms with Crippen LogP contribution < -0.4 is 0 Å². The number of ether oxygens (including phenoxy) is 2. The third kappa shape index (κ3) is 6.60. The first kappa shape index (κ1) is 21.3. The van der Waals surface area contributed by atoms with Crippen LogP contribution in [0, 0.1) is 0 Å². The first-order valence-electron chi connectivity index (χ1n) is 5.90. The molecule has 0 aromatic carbocycles. The quantitative estimate of drug-likeness (QED) is 0.336. The van der Waals surface area contributed by atoms with Crippen molar-refractivity contribution < 1.29 is 61.0 Å². The molecule has 0 bridgehead atoms. The van der Waals surface area contributed by atoms with Crippen molar-refractivity contribution in [2.24, 2.45) is 0 Å². The van der Waals surface area contributed by atoms with E-state index in [-0.39, 0.29) is 6.42 Å². The van der Waals surface area contributed by atoms with Gasteiger partial charge < -0.3 is 34.2 Å². The second-order valence-corrected chi connectivity index (χ2v) is 8.98. The molecule has 5 N–H and O–H groups in total. The first-order valence-corrected chi connectivity index (χ1v) is 10.4. The van der Waals surface area contributed by atoms with Gasteiger partial charge in [-0.2, -0.15) is 8.62 Å². The molecule has 1 fully saturated rings. The molecule has 1 saturated heterocycles. The molecular weight excluding hydrogens is 385 g/mol. The Balaban J connectivity index is 2.74. The van der Waals surface area contributed by atoms with Crippen LogP contribution in [0.25, 0.3) is 0 Å². The zero-order chi connectivity index (χ0) is 18.1. The van der Waals surface area contributed by atoms with Crippen LogP contribution in [0.5, 0.6) is 0 Å². The molecule has 0 saturated carbocycles. The lowest BCUT2D eigenvalue weighted by Crippen LogP contribution is -2.45. The Morgan fingerprint density at radius 3 is 2.09 bits per heavy atom. The van der Waals surface area contributed by atoms with Crippen molar-refractivity contribution in [2.45, 2.75) is 31.3 Å². The van der Waals surface area contributed by atoms with Crippen molar-refractivity contribution in [1.82, 2.24) is 0 Å². The standard InChI is InChI=1S/C7H17O13P3/c1-5-3-6(8)7(16-2,18-5)4-17-22(12,13)20-23(14,15)19-21(9,10)11/h5-6,8H,3-4H2,1-2H3,(H,12,13)(H,14,15)(H2,9,10,11). The number of aliphatic hydroxyl groups is 1. The van der Waals surface area contributed by atoms with Crippen molar-refractivity contribution in [2.75, 3.05) is 13.7 Å². The molecule has 1 aliphatic rings. The van der Waals surface area contributed by atoms with Crippen LogP contribution in [0.2, 0.25) is 0 Å². The second kappa shape index (κ2) is 7.27. The van der Waals surface area contributed by atoms with Crippen LogP contribution >= 0.6 is 23.5 Å². The molecule has 0 aromatic heterocycles. The van der Waals surface area contributed by atoms with Crippen molar-refractivity contribution in [3.05, 3.63) is 0 Å². The minimum atomic E-state index is -5.60. The summed E-state index contributed by atoms with van der Waals surface area (Å²) >= 11 is 0. The van der Waals surface area contributed by atoms with Crippen molar-refractivity contribution in [1.29, 1.82) is 0 Å². The maximum Gasteiger partial charge on any atom is 0.490 e. The van der Waals surface area contributed by atoms with Gasteiger partial charge in [0.15, 0.2) is 0 Å². The monoisotopic (exact) mass is 402 g/mol. The van der Waals surface area contributed by atoms with Gasteiger partial charge in [-0.05, 0) is 6.92 Å². The molecule has 0 amide bonds. The van der Waals surface area contributed by atoms with Gasteiger partial charge in [-0.15, -0.1) is 0 Å². The van der Waals surface area contributed by atoms with Gasteiger partial charge in [-0.25, -0.2) is 13.7 Å². The maximum absolute atomic E-state index is 11.6. The SMILES string of the molecule is COC1(COP(=O)(O)OP(=O)(O)OP(=O)(O)O)OC(C)CC1O. The fourth-order valence-electron chi connectivity index (χ4n) is 1.81. The van der Waals surface area contributed by atoms with Crippen LogP contribution in [-0.4, -0.2) is 56.4 Å². The van der Waals surface area contributed by atoms with Crippen molar-refractivity contribution >= 4 is 23.5 Å². The topological polar surface area (TPSA) is 199 Å². The summed E-state index contributed by atoms with van der Waals surface area (Å²) in [4.78, 5) is 35.1. The van der Waals surface area contributed by atoms with Crippen molar-refractivity contribution in [3.63, 3.8) is 0 Å². The average molecular weight is 402 g/mol. The molecule has 138 valence electrons. The minimum Gasteiger partial charge on any atom is -0.387 e. The molecule has 0 aromatic rings. The lowest BCUT2D eigenvalue weighted by Gasteiger charge is -2.30. The summed E-state index contributed by atoms with van der Waals surface area (Å²) < 4.78 is 54.8. The number of phosphoric ester groups is 1. The average Bonchev–Trinajstić information content (AvgIpc) is 2.57. The molecule has 13 nitrogen and oxygen atoms in total. The highest BCUT2D eigenvalue weighted by atomic mass is 31.3. The highest BCUT2D eigenvalue weighted by Gasteiger charge is 2.50. The van der Waals surface area contributed by atoms with Gasteiger partial charge in [-0.3, -0.25) is 4.52 Å². The summed E-state index contributed by atoms with van der Waals surface area (Å²) in [6.45, 7) is 0.716. The minimum absolute atomic E-state index is 0.133. The molecular formula is C7H17O13P3. The van der Waals surface area contributed by atoms with Crippen LogP contribution in [0.3, 0.4) is 0 Å². The van der Waals surface area contributed by atoms with E-state index in [0.717, 1.165) is 7.11 Å². The summed E-state index contributed by atoms with van der Waals surface area (Å²) in [5.74, 6) is -1.81. The first-order chi connectivity index (χ1) is 10.2. The summed E-state index contributed by atoms with van der Waals surface area (Å²) in [6, 6.07) is 0. The third-order valence-corrected chi connectivity index (χ3v) is 6.44. The molecule has 1 aliphatic heterocycles. The number of hydrogen-bond donors (Lipinski definition) is 5. The Morgan fingerprint density at radius 2 is 1.70 bits per heavy atom. The molecule has 0 spiro atoms. The summed E-state index contributed by atoms with van der Waals surface area (Å²) in [5, 5.41) is 9.82. The van der Waals surface area contributed by atoms with Gasteiger partial charge in [0.05, 0.1) is 6.10 Å². The van der Waals surface area contributed by atoms with Gasteiger partial charge in [0.1, 0.15) is 12.7 Å². The molecule has 0 radical (unpaired) electrons. The lowest BCUT2D eigenvalue weighted by atomic mass is 10.1. The van der Waals surface area contributed by atoms with Gasteiger partial charge in [0, 0.05) is 13.5 Å². The Kier molecular flexibility index (Phi) is 6.74. The van der Waals surface area contributed by atoms with Crippen molar-refractivity contribution in [3.8, 4) is 0 Å². The number of hydrogen-bond acceptors (Lipinski definition) is 9. The number of rotatable bonds is 8. The smallest absolute Gasteiger partial charge is 0.387 e. The van der Waals surface area contributed by atoms with Gasteiger partial charge >= 0.3 is 23.5 Å². The third-order valence-electron chi connectivity index (χ3n) is 2.65.